The molecule has 0 bridgehead atoms. The average Bonchev–Trinajstić information content (AvgIpc) is 3.28. The molecule has 0 radical (unpaired) electrons. The number of aromatic nitrogens is 2. The first-order valence-electron chi connectivity index (χ1n) is 8.95. The van der Waals surface area contributed by atoms with Crippen molar-refractivity contribution in [2.75, 3.05) is 16.9 Å². The highest BCUT2D eigenvalue weighted by molar-refractivity contribution is 7.90. The van der Waals surface area contributed by atoms with Gasteiger partial charge in [0.05, 0.1) is 27.2 Å². The molecule has 10 heteroatoms. The molecule has 4 aromatic rings. The molecule has 0 aliphatic heterocycles. The Morgan fingerprint density at radius 2 is 1.83 bits per heavy atom. The van der Waals surface area contributed by atoms with E-state index in [1.165, 1.54) is 28.9 Å². The van der Waals surface area contributed by atoms with Crippen molar-refractivity contribution >= 4 is 64.6 Å². The molecule has 2 heterocycles. The van der Waals surface area contributed by atoms with Crippen molar-refractivity contribution in [3.63, 3.8) is 0 Å². The van der Waals surface area contributed by atoms with Crippen LogP contribution in [0, 0.1) is 6.92 Å². The average molecular weight is 459 g/mol. The Labute approximate surface area is 181 Å². The number of rotatable bonds is 6. The number of hydrogen-bond acceptors (Lipinski definition) is 8. The highest BCUT2D eigenvalue weighted by Gasteiger charge is 2.12. The summed E-state index contributed by atoms with van der Waals surface area (Å²) < 4.78 is 24.1. The van der Waals surface area contributed by atoms with Gasteiger partial charge in [-0.25, -0.2) is 18.4 Å². The monoisotopic (exact) mass is 458 g/mol. The predicted octanol–water partition coefficient (Wildman–Crippen LogP) is 4.39. The summed E-state index contributed by atoms with van der Waals surface area (Å²) >= 11 is 2.82. The van der Waals surface area contributed by atoms with E-state index in [9.17, 15) is 13.2 Å². The summed E-state index contributed by atoms with van der Waals surface area (Å²) in [5, 5.41) is 8.98. The Morgan fingerprint density at radius 1 is 1.07 bits per heavy atom. The lowest BCUT2D eigenvalue weighted by atomic mass is 10.2. The molecule has 7 nitrogen and oxygen atoms in total. The zero-order chi connectivity index (χ0) is 21.3. The normalized spacial score (nSPS) is 11.5. The first-order chi connectivity index (χ1) is 14.3. The summed E-state index contributed by atoms with van der Waals surface area (Å²) in [6.45, 7) is 1.99. The Bertz CT molecular complexity index is 1330. The molecule has 4 rings (SSSR count). The van der Waals surface area contributed by atoms with E-state index in [1.807, 2.05) is 30.5 Å². The van der Waals surface area contributed by atoms with E-state index < -0.39 is 9.84 Å². The van der Waals surface area contributed by atoms with Crippen LogP contribution in [0.15, 0.2) is 52.7 Å². The number of nitrogens with zero attached hydrogens (tertiary/aromatic N) is 2. The largest absolute Gasteiger partial charge is 0.332 e. The quantitative estimate of drug-likeness (QED) is 0.444. The Morgan fingerprint density at radius 3 is 2.53 bits per heavy atom. The highest BCUT2D eigenvalue weighted by atomic mass is 32.2. The summed E-state index contributed by atoms with van der Waals surface area (Å²) in [4.78, 5) is 21.6. The summed E-state index contributed by atoms with van der Waals surface area (Å²) in [5.41, 5.74) is 3.34. The molecule has 0 saturated carbocycles. The fourth-order valence-corrected chi connectivity index (χ4v) is 5.14. The van der Waals surface area contributed by atoms with Crippen molar-refractivity contribution in [3.05, 3.63) is 59.1 Å². The summed E-state index contributed by atoms with van der Waals surface area (Å²) in [6, 6.07) is 12.4. The van der Waals surface area contributed by atoms with Gasteiger partial charge in [0.1, 0.15) is 0 Å². The minimum absolute atomic E-state index is 0.139. The lowest BCUT2D eigenvalue weighted by molar-refractivity contribution is -0.115. The second-order valence-electron chi connectivity index (χ2n) is 6.73. The second kappa shape index (κ2) is 8.13. The number of para-hydroxylation sites is 1. The summed E-state index contributed by atoms with van der Waals surface area (Å²) in [6.07, 6.45) is 1.31. The van der Waals surface area contributed by atoms with Gasteiger partial charge < -0.3 is 10.6 Å². The number of amides is 1. The first-order valence-corrected chi connectivity index (χ1v) is 12.5. The molecule has 2 N–H and O–H groups in total. The molecular formula is C20H18N4O3S3. The number of thiazole rings is 2. The Balaban J connectivity index is 1.39. The van der Waals surface area contributed by atoms with Gasteiger partial charge in [-0.2, -0.15) is 0 Å². The Kier molecular flexibility index (Phi) is 5.54. The number of hydrogen-bond donors (Lipinski definition) is 2. The molecule has 0 atom stereocenters. The molecular weight excluding hydrogens is 440 g/mol. The van der Waals surface area contributed by atoms with Crippen LogP contribution in [0.1, 0.15) is 11.3 Å². The lowest BCUT2D eigenvalue weighted by Crippen LogP contribution is -2.14. The number of fused-ring (bicyclic) bond motifs is 1. The van der Waals surface area contributed by atoms with Crippen LogP contribution in [0.3, 0.4) is 0 Å². The number of carbonyl (C=O) groups is 1. The van der Waals surface area contributed by atoms with Crippen molar-refractivity contribution in [1.29, 1.82) is 0 Å². The topological polar surface area (TPSA) is 101 Å². The van der Waals surface area contributed by atoms with E-state index in [-0.39, 0.29) is 17.2 Å². The number of carbonyl (C=O) groups excluding carboxylic acids is 1. The maximum atomic E-state index is 12.4. The molecule has 0 spiro atoms. The zero-order valence-corrected chi connectivity index (χ0v) is 18.6. The third-order valence-electron chi connectivity index (χ3n) is 4.29. The summed E-state index contributed by atoms with van der Waals surface area (Å²) in [7, 11) is -3.23. The molecule has 0 aliphatic carbocycles. The number of sulfone groups is 1. The van der Waals surface area contributed by atoms with Gasteiger partial charge in [-0.1, -0.05) is 23.5 Å². The molecule has 154 valence electrons. The van der Waals surface area contributed by atoms with Crippen LogP contribution < -0.4 is 10.6 Å². The van der Waals surface area contributed by atoms with Crippen molar-refractivity contribution in [2.24, 2.45) is 0 Å². The van der Waals surface area contributed by atoms with E-state index >= 15 is 0 Å². The van der Waals surface area contributed by atoms with E-state index in [0.717, 1.165) is 21.5 Å². The molecule has 0 fully saturated rings. The number of aryl methyl sites for hydroxylation is 1. The van der Waals surface area contributed by atoms with Crippen LogP contribution in [0.25, 0.3) is 10.2 Å². The van der Waals surface area contributed by atoms with Crippen LogP contribution in [0.5, 0.6) is 0 Å². The standard InChI is InChI=1S/C20H18N4O3S3/c1-12-4-3-5-16-18(12)24-20(29-16)23-17(25)10-14-11-28-19(22-14)21-13-6-8-15(9-7-13)30(2,26)27/h3-9,11H,10H2,1-2H3,(H,21,22)(H,23,24,25). The third-order valence-corrected chi connectivity index (χ3v) is 7.17. The van der Waals surface area contributed by atoms with Gasteiger partial charge in [-0.15, -0.1) is 11.3 Å². The predicted molar refractivity (Wildman–Crippen MR) is 122 cm³/mol. The summed E-state index contributed by atoms with van der Waals surface area (Å²) in [5.74, 6) is -0.180. The van der Waals surface area contributed by atoms with Gasteiger partial charge in [-0.05, 0) is 42.8 Å². The van der Waals surface area contributed by atoms with E-state index in [2.05, 4.69) is 20.6 Å². The van der Waals surface area contributed by atoms with Crippen LogP contribution in [-0.4, -0.2) is 30.5 Å². The molecule has 30 heavy (non-hydrogen) atoms. The minimum Gasteiger partial charge on any atom is -0.332 e. The highest BCUT2D eigenvalue weighted by Crippen LogP contribution is 2.28. The molecule has 2 aromatic heterocycles. The zero-order valence-electron chi connectivity index (χ0n) is 16.2. The third kappa shape index (κ3) is 4.66. The SMILES string of the molecule is Cc1cccc2sc(NC(=O)Cc3csc(Nc4ccc(S(C)(=O)=O)cc4)n3)nc12. The van der Waals surface area contributed by atoms with E-state index in [0.29, 0.717) is 16.0 Å². The van der Waals surface area contributed by atoms with Crippen LogP contribution in [0.4, 0.5) is 16.0 Å². The first kappa shape index (κ1) is 20.5. The van der Waals surface area contributed by atoms with E-state index in [1.54, 1.807) is 24.3 Å². The number of anilines is 3. The Hall–Kier alpha value is -2.82. The van der Waals surface area contributed by atoms with Gasteiger partial charge in [0, 0.05) is 17.3 Å². The molecule has 2 aromatic carbocycles. The maximum Gasteiger partial charge on any atom is 0.232 e. The van der Waals surface area contributed by atoms with Gasteiger partial charge >= 0.3 is 0 Å². The van der Waals surface area contributed by atoms with E-state index in [4.69, 9.17) is 0 Å². The molecule has 0 saturated heterocycles. The van der Waals surface area contributed by atoms with Crippen molar-refractivity contribution in [2.45, 2.75) is 18.2 Å². The minimum atomic E-state index is -3.23. The number of nitrogens with one attached hydrogen (secondary N) is 2. The van der Waals surface area contributed by atoms with Gasteiger partial charge in [0.15, 0.2) is 20.1 Å². The second-order valence-corrected chi connectivity index (χ2v) is 10.6. The van der Waals surface area contributed by atoms with Gasteiger partial charge in [0.25, 0.3) is 0 Å². The van der Waals surface area contributed by atoms with Crippen LogP contribution in [-0.2, 0) is 21.1 Å². The van der Waals surface area contributed by atoms with Crippen molar-refractivity contribution in [3.8, 4) is 0 Å². The van der Waals surface area contributed by atoms with Crippen LogP contribution >= 0.6 is 22.7 Å². The smallest absolute Gasteiger partial charge is 0.232 e. The van der Waals surface area contributed by atoms with Crippen molar-refractivity contribution in [1.82, 2.24) is 9.97 Å². The van der Waals surface area contributed by atoms with Gasteiger partial charge in [-0.3, -0.25) is 4.79 Å². The fourth-order valence-electron chi connectivity index (χ4n) is 2.82. The molecule has 0 unspecified atom stereocenters. The lowest BCUT2D eigenvalue weighted by Gasteiger charge is -2.04. The maximum absolute atomic E-state index is 12.4. The number of benzene rings is 2. The van der Waals surface area contributed by atoms with Crippen molar-refractivity contribution < 1.29 is 13.2 Å². The molecule has 0 aliphatic rings. The fraction of sp³-hybridized carbons (Fsp3) is 0.150. The van der Waals surface area contributed by atoms with Gasteiger partial charge in [0.2, 0.25) is 5.91 Å². The molecule has 1 amide bonds. The van der Waals surface area contributed by atoms with Crippen LogP contribution in [0.2, 0.25) is 0 Å².